The summed E-state index contributed by atoms with van der Waals surface area (Å²) in [5.41, 5.74) is 0.707. The average Bonchev–Trinajstić information content (AvgIpc) is 2.38. The van der Waals surface area contributed by atoms with Gasteiger partial charge in [0.25, 0.3) is 0 Å². The van der Waals surface area contributed by atoms with Gasteiger partial charge >= 0.3 is 0 Å². The molecule has 18 heavy (non-hydrogen) atoms. The van der Waals surface area contributed by atoms with Crippen LogP contribution in [0.3, 0.4) is 0 Å². The molecule has 0 bridgehead atoms. The van der Waals surface area contributed by atoms with Gasteiger partial charge in [-0.2, -0.15) is 5.26 Å². The third kappa shape index (κ3) is 4.07. The molecular formula is C13H17N3O2. The lowest BCUT2D eigenvalue weighted by Gasteiger charge is -2.18. The molecule has 0 aliphatic heterocycles. The van der Waals surface area contributed by atoms with Crippen molar-refractivity contribution < 1.29 is 9.53 Å². The second-order valence-corrected chi connectivity index (χ2v) is 4.00. The molecular weight excluding hydrogens is 230 g/mol. The van der Waals surface area contributed by atoms with Crippen molar-refractivity contribution in [3.05, 3.63) is 24.3 Å². The summed E-state index contributed by atoms with van der Waals surface area (Å²) in [6, 6.07) is 8.88. The van der Waals surface area contributed by atoms with Crippen molar-refractivity contribution in [3.63, 3.8) is 0 Å². The molecule has 5 heteroatoms. The summed E-state index contributed by atoms with van der Waals surface area (Å²) in [5, 5.41) is 11.5. The highest BCUT2D eigenvalue weighted by Gasteiger charge is 2.12. The highest BCUT2D eigenvalue weighted by molar-refractivity contribution is 5.92. The number of carbonyl (C=O) groups excluding carboxylic acids is 1. The van der Waals surface area contributed by atoms with Gasteiger partial charge in [0.05, 0.1) is 25.8 Å². The quantitative estimate of drug-likeness (QED) is 0.855. The molecule has 0 aliphatic carbocycles. The van der Waals surface area contributed by atoms with Crippen LogP contribution >= 0.6 is 0 Å². The third-order valence-electron chi connectivity index (χ3n) is 2.61. The minimum absolute atomic E-state index is 0.148. The van der Waals surface area contributed by atoms with E-state index in [2.05, 4.69) is 11.4 Å². The summed E-state index contributed by atoms with van der Waals surface area (Å²) in [7, 11) is 3.33. The number of likely N-dealkylation sites (N-methyl/N-ethyl adjacent to an activating group) is 1. The van der Waals surface area contributed by atoms with Crippen molar-refractivity contribution in [2.75, 3.05) is 26.0 Å². The van der Waals surface area contributed by atoms with E-state index in [0.717, 1.165) is 5.75 Å². The molecule has 1 atom stereocenters. The van der Waals surface area contributed by atoms with Crippen LogP contribution in [0.1, 0.15) is 6.92 Å². The van der Waals surface area contributed by atoms with Gasteiger partial charge in [0, 0.05) is 5.69 Å². The number of hydrogen-bond acceptors (Lipinski definition) is 4. The van der Waals surface area contributed by atoms with E-state index in [1.54, 1.807) is 50.2 Å². The van der Waals surface area contributed by atoms with Crippen molar-refractivity contribution in [3.8, 4) is 11.8 Å². The molecule has 0 unspecified atom stereocenters. The van der Waals surface area contributed by atoms with Gasteiger partial charge in [-0.15, -0.1) is 0 Å². The Hall–Kier alpha value is -2.06. The van der Waals surface area contributed by atoms with Crippen LogP contribution in [0.15, 0.2) is 24.3 Å². The number of rotatable bonds is 5. The Balaban J connectivity index is 2.52. The van der Waals surface area contributed by atoms with Crippen LogP contribution in [-0.4, -0.2) is 37.6 Å². The smallest absolute Gasteiger partial charge is 0.238 e. The van der Waals surface area contributed by atoms with Crippen LogP contribution in [0.5, 0.6) is 5.75 Å². The molecule has 1 rings (SSSR count). The normalized spacial score (nSPS) is 11.7. The minimum atomic E-state index is -0.286. The zero-order valence-electron chi connectivity index (χ0n) is 10.8. The number of hydrogen-bond donors (Lipinski definition) is 1. The van der Waals surface area contributed by atoms with Crippen LogP contribution in [0.25, 0.3) is 0 Å². The summed E-state index contributed by atoms with van der Waals surface area (Å²) in [4.78, 5) is 13.4. The number of methoxy groups -OCH3 is 1. The highest BCUT2D eigenvalue weighted by Crippen LogP contribution is 2.14. The van der Waals surface area contributed by atoms with Crippen LogP contribution in [0.4, 0.5) is 5.69 Å². The number of carbonyl (C=O) groups is 1. The molecule has 0 heterocycles. The van der Waals surface area contributed by atoms with E-state index in [4.69, 9.17) is 10.00 Å². The average molecular weight is 247 g/mol. The fourth-order valence-corrected chi connectivity index (χ4v) is 1.34. The molecule has 96 valence electrons. The largest absolute Gasteiger partial charge is 0.497 e. The monoisotopic (exact) mass is 247 g/mol. The van der Waals surface area contributed by atoms with Crippen molar-refractivity contribution in [2.45, 2.75) is 13.0 Å². The standard InChI is InChI=1S/C13H17N3O2/c1-10(8-14)16(2)9-13(17)15-11-4-6-12(18-3)7-5-11/h4-7,10H,9H2,1-3H3,(H,15,17)/t10-/m1/s1. The zero-order valence-corrected chi connectivity index (χ0v) is 10.8. The minimum Gasteiger partial charge on any atom is -0.497 e. The Morgan fingerprint density at radius 3 is 2.61 bits per heavy atom. The second-order valence-electron chi connectivity index (χ2n) is 4.00. The lowest BCUT2D eigenvalue weighted by Crippen LogP contribution is -2.35. The Bertz CT molecular complexity index is 437. The molecule has 0 aliphatic rings. The second kappa shape index (κ2) is 6.62. The zero-order chi connectivity index (χ0) is 13.5. The van der Waals surface area contributed by atoms with Gasteiger partial charge in [-0.1, -0.05) is 0 Å². The summed E-state index contributed by atoms with van der Waals surface area (Å²) >= 11 is 0. The van der Waals surface area contributed by atoms with E-state index >= 15 is 0 Å². The Morgan fingerprint density at radius 2 is 2.11 bits per heavy atom. The first-order valence-electron chi connectivity index (χ1n) is 5.60. The molecule has 0 saturated carbocycles. The van der Waals surface area contributed by atoms with Crippen LogP contribution in [0, 0.1) is 11.3 Å². The van der Waals surface area contributed by atoms with E-state index in [0.29, 0.717) is 5.69 Å². The molecule has 0 aromatic heterocycles. The van der Waals surface area contributed by atoms with Gasteiger partial charge in [0.15, 0.2) is 0 Å². The van der Waals surface area contributed by atoms with Gasteiger partial charge in [-0.3, -0.25) is 9.69 Å². The Morgan fingerprint density at radius 1 is 1.50 bits per heavy atom. The number of anilines is 1. The number of nitrogens with zero attached hydrogens (tertiary/aromatic N) is 2. The fraction of sp³-hybridized carbons (Fsp3) is 0.385. The van der Waals surface area contributed by atoms with E-state index in [-0.39, 0.29) is 18.5 Å². The number of nitrogens with one attached hydrogen (secondary N) is 1. The van der Waals surface area contributed by atoms with Gasteiger partial charge in [-0.25, -0.2) is 0 Å². The summed E-state index contributed by atoms with van der Waals surface area (Å²) in [6.07, 6.45) is 0. The highest BCUT2D eigenvalue weighted by atomic mass is 16.5. The predicted molar refractivity (Wildman–Crippen MR) is 69.3 cm³/mol. The maximum atomic E-state index is 11.7. The first kappa shape index (κ1) is 14.0. The van der Waals surface area contributed by atoms with Crippen LogP contribution in [-0.2, 0) is 4.79 Å². The van der Waals surface area contributed by atoms with Crippen molar-refractivity contribution in [2.24, 2.45) is 0 Å². The predicted octanol–water partition coefficient (Wildman–Crippen LogP) is 1.48. The first-order chi connectivity index (χ1) is 8.56. The van der Waals surface area contributed by atoms with Gasteiger partial charge < -0.3 is 10.1 Å². The summed E-state index contributed by atoms with van der Waals surface area (Å²) in [5.74, 6) is 0.591. The van der Waals surface area contributed by atoms with E-state index in [1.807, 2.05) is 0 Å². The van der Waals surface area contributed by atoms with Crippen LogP contribution in [0.2, 0.25) is 0 Å². The SMILES string of the molecule is COc1ccc(NC(=O)CN(C)[C@H](C)C#N)cc1. The topological polar surface area (TPSA) is 65.4 Å². The molecule has 0 fully saturated rings. The third-order valence-corrected chi connectivity index (χ3v) is 2.61. The van der Waals surface area contributed by atoms with Gasteiger partial charge in [-0.05, 0) is 38.2 Å². The lowest BCUT2D eigenvalue weighted by atomic mass is 10.3. The number of benzene rings is 1. The summed E-state index contributed by atoms with van der Waals surface area (Å²) < 4.78 is 5.03. The van der Waals surface area contributed by atoms with Crippen molar-refractivity contribution >= 4 is 11.6 Å². The van der Waals surface area contributed by atoms with Crippen molar-refractivity contribution in [1.82, 2.24) is 4.90 Å². The van der Waals surface area contributed by atoms with Crippen molar-refractivity contribution in [1.29, 1.82) is 5.26 Å². The van der Waals surface area contributed by atoms with Crippen LogP contribution < -0.4 is 10.1 Å². The molecule has 1 aromatic carbocycles. The maximum Gasteiger partial charge on any atom is 0.238 e. The number of ether oxygens (including phenoxy) is 1. The van der Waals surface area contributed by atoms with E-state index in [1.165, 1.54) is 0 Å². The molecule has 1 aromatic rings. The van der Waals surface area contributed by atoms with Gasteiger partial charge in [0.2, 0.25) is 5.91 Å². The van der Waals surface area contributed by atoms with E-state index in [9.17, 15) is 4.79 Å². The molecule has 0 spiro atoms. The maximum absolute atomic E-state index is 11.7. The Kier molecular flexibility index (Phi) is 5.15. The number of amides is 1. The molecule has 5 nitrogen and oxygen atoms in total. The molecule has 0 radical (unpaired) electrons. The molecule has 1 amide bonds. The van der Waals surface area contributed by atoms with E-state index < -0.39 is 0 Å². The molecule has 1 N–H and O–H groups in total. The first-order valence-corrected chi connectivity index (χ1v) is 5.60. The fourth-order valence-electron chi connectivity index (χ4n) is 1.34. The summed E-state index contributed by atoms with van der Waals surface area (Å²) in [6.45, 7) is 1.93. The van der Waals surface area contributed by atoms with Gasteiger partial charge in [0.1, 0.15) is 5.75 Å². The molecule has 0 saturated heterocycles. The number of nitriles is 1. The Labute approximate surface area is 107 Å². The lowest BCUT2D eigenvalue weighted by molar-refractivity contribution is -0.117.